The Morgan fingerprint density at radius 2 is 1.93 bits per heavy atom. The Labute approximate surface area is 89.0 Å². The number of carbonyl (C=O) groups is 2. The molecule has 15 heavy (non-hydrogen) atoms. The van der Waals surface area contributed by atoms with E-state index in [1.54, 1.807) is 0 Å². The minimum atomic E-state index is -0.890. The first-order valence-electron chi connectivity index (χ1n) is 5.04. The molecule has 0 aromatic rings. The highest BCUT2D eigenvalue weighted by atomic mass is 16.5. The summed E-state index contributed by atoms with van der Waals surface area (Å²) in [6, 6.07) is 0. The van der Waals surface area contributed by atoms with Crippen molar-refractivity contribution in [2.75, 3.05) is 20.7 Å². The zero-order chi connectivity index (χ0) is 11.5. The predicted molar refractivity (Wildman–Crippen MR) is 53.1 cm³/mol. The standard InChI is InChI=1S/C10H17NO4/c1-11(8(12)9(13)15-2)7-10(14)5-3-4-6-10/h14H,3-7H2,1-2H3. The summed E-state index contributed by atoms with van der Waals surface area (Å²) >= 11 is 0. The van der Waals surface area contributed by atoms with E-state index in [0.29, 0.717) is 12.8 Å². The second kappa shape index (κ2) is 4.61. The lowest BCUT2D eigenvalue weighted by molar-refractivity contribution is -0.158. The SMILES string of the molecule is COC(=O)C(=O)N(C)CC1(O)CCCC1. The van der Waals surface area contributed by atoms with Gasteiger partial charge >= 0.3 is 11.9 Å². The highest BCUT2D eigenvalue weighted by molar-refractivity contribution is 6.32. The zero-order valence-corrected chi connectivity index (χ0v) is 9.15. The summed E-state index contributed by atoms with van der Waals surface area (Å²) in [6.45, 7) is 0.195. The van der Waals surface area contributed by atoms with Gasteiger partial charge in [0, 0.05) is 13.6 Å². The molecular weight excluding hydrogens is 198 g/mol. The van der Waals surface area contributed by atoms with Crippen molar-refractivity contribution in [2.24, 2.45) is 0 Å². The van der Waals surface area contributed by atoms with E-state index in [1.807, 2.05) is 0 Å². The van der Waals surface area contributed by atoms with Gasteiger partial charge in [-0.25, -0.2) is 4.79 Å². The number of ether oxygens (including phenoxy) is 1. The van der Waals surface area contributed by atoms with E-state index in [4.69, 9.17) is 0 Å². The van der Waals surface area contributed by atoms with Crippen molar-refractivity contribution >= 4 is 11.9 Å². The lowest BCUT2D eigenvalue weighted by atomic mass is 10.0. The van der Waals surface area contributed by atoms with E-state index < -0.39 is 17.5 Å². The van der Waals surface area contributed by atoms with Gasteiger partial charge in [0.25, 0.3) is 0 Å². The van der Waals surface area contributed by atoms with Gasteiger partial charge in [-0.15, -0.1) is 0 Å². The maximum atomic E-state index is 11.3. The molecule has 1 rings (SSSR count). The van der Waals surface area contributed by atoms with Crippen LogP contribution in [0.1, 0.15) is 25.7 Å². The van der Waals surface area contributed by atoms with Crippen molar-refractivity contribution in [1.82, 2.24) is 4.90 Å². The molecule has 1 amide bonds. The van der Waals surface area contributed by atoms with Crippen LogP contribution in [-0.4, -0.2) is 48.2 Å². The lowest BCUT2D eigenvalue weighted by Crippen LogP contribution is -2.44. The number of hydrogen-bond donors (Lipinski definition) is 1. The fourth-order valence-corrected chi connectivity index (χ4v) is 1.95. The number of aliphatic hydroxyl groups is 1. The summed E-state index contributed by atoms with van der Waals surface area (Å²) in [5.41, 5.74) is -0.821. The van der Waals surface area contributed by atoms with Gasteiger partial charge in [0.1, 0.15) is 0 Å². The van der Waals surface area contributed by atoms with Crippen molar-refractivity contribution in [3.8, 4) is 0 Å². The van der Waals surface area contributed by atoms with Crippen LogP contribution in [0.15, 0.2) is 0 Å². The molecule has 0 aromatic heterocycles. The maximum Gasteiger partial charge on any atom is 0.396 e. The largest absolute Gasteiger partial charge is 0.462 e. The molecule has 0 heterocycles. The highest BCUT2D eigenvalue weighted by Crippen LogP contribution is 2.29. The summed E-state index contributed by atoms with van der Waals surface area (Å²) in [5, 5.41) is 10.0. The lowest BCUT2D eigenvalue weighted by Gasteiger charge is -2.27. The molecule has 0 spiro atoms. The number of methoxy groups -OCH3 is 1. The molecule has 0 unspecified atom stereocenters. The third-order valence-corrected chi connectivity index (χ3v) is 2.77. The molecule has 1 fully saturated rings. The van der Waals surface area contributed by atoms with Gasteiger partial charge < -0.3 is 14.7 Å². The van der Waals surface area contributed by atoms with Crippen molar-refractivity contribution in [2.45, 2.75) is 31.3 Å². The molecule has 0 bridgehead atoms. The van der Waals surface area contributed by atoms with E-state index in [2.05, 4.69) is 4.74 Å². The first-order chi connectivity index (χ1) is 6.98. The Morgan fingerprint density at radius 3 is 2.40 bits per heavy atom. The molecule has 0 radical (unpaired) electrons. The number of rotatable bonds is 2. The molecule has 0 atom stereocenters. The summed E-state index contributed by atoms with van der Waals surface area (Å²) in [7, 11) is 2.66. The smallest absolute Gasteiger partial charge is 0.396 e. The van der Waals surface area contributed by atoms with Crippen LogP contribution in [0.4, 0.5) is 0 Å². The maximum absolute atomic E-state index is 11.3. The van der Waals surface area contributed by atoms with Crippen LogP contribution in [0.2, 0.25) is 0 Å². The van der Waals surface area contributed by atoms with Crippen LogP contribution in [0, 0.1) is 0 Å². The summed E-state index contributed by atoms with van der Waals surface area (Å²) < 4.78 is 4.32. The van der Waals surface area contributed by atoms with Crippen LogP contribution in [-0.2, 0) is 14.3 Å². The van der Waals surface area contributed by atoms with Crippen LogP contribution in [0.25, 0.3) is 0 Å². The minimum Gasteiger partial charge on any atom is -0.462 e. The van der Waals surface area contributed by atoms with Crippen LogP contribution in [0.5, 0.6) is 0 Å². The normalized spacial score (nSPS) is 18.6. The molecule has 86 valence electrons. The van der Waals surface area contributed by atoms with Gasteiger partial charge in [-0.3, -0.25) is 4.79 Å². The fourth-order valence-electron chi connectivity index (χ4n) is 1.95. The first-order valence-corrected chi connectivity index (χ1v) is 5.04. The summed E-state index contributed by atoms with van der Waals surface area (Å²) in [6.07, 6.45) is 3.31. The van der Waals surface area contributed by atoms with Gasteiger partial charge in [0.2, 0.25) is 0 Å². The molecule has 1 N–H and O–H groups in total. The molecule has 0 aliphatic heterocycles. The topological polar surface area (TPSA) is 66.8 Å². The Morgan fingerprint density at radius 1 is 1.40 bits per heavy atom. The van der Waals surface area contributed by atoms with Gasteiger partial charge in [0.05, 0.1) is 12.7 Å². The average molecular weight is 215 g/mol. The summed E-state index contributed by atoms with van der Waals surface area (Å²) in [4.78, 5) is 23.5. The first kappa shape index (κ1) is 12.0. The molecule has 0 aromatic carbocycles. The Hall–Kier alpha value is -1.10. The third-order valence-electron chi connectivity index (χ3n) is 2.77. The molecule has 1 aliphatic carbocycles. The average Bonchev–Trinajstić information content (AvgIpc) is 2.62. The Bertz CT molecular complexity index is 258. The molecule has 1 saturated carbocycles. The quantitative estimate of drug-likeness (QED) is 0.517. The molecule has 0 saturated heterocycles. The second-order valence-electron chi connectivity index (χ2n) is 4.08. The number of carbonyl (C=O) groups excluding carboxylic acids is 2. The molecule has 5 nitrogen and oxygen atoms in total. The minimum absolute atomic E-state index is 0.195. The number of amides is 1. The van der Waals surface area contributed by atoms with Crippen LogP contribution < -0.4 is 0 Å². The fraction of sp³-hybridized carbons (Fsp3) is 0.800. The van der Waals surface area contributed by atoms with Crippen molar-refractivity contribution in [3.05, 3.63) is 0 Å². The molecule has 5 heteroatoms. The third kappa shape index (κ3) is 2.92. The summed E-state index contributed by atoms with van der Waals surface area (Å²) in [5.74, 6) is -1.60. The van der Waals surface area contributed by atoms with Crippen molar-refractivity contribution in [3.63, 3.8) is 0 Å². The monoisotopic (exact) mass is 215 g/mol. The van der Waals surface area contributed by atoms with Crippen LogP contribution >= 0.6 is 0 Å². The Kier molecular flexibility index (Phi) is 3.68. The van der Waals surface area contributed by atoms with E-state index in [-0.39, 0.29) is 6.54 Å². The van der Waals surface area contributed by atoms with Crippen LogP contribution in [0.3, 0.4) is 0 Å². The number of hydrogen-bond acceptors (Lipinski definition) is 4. The zero-order valence-electron chi connectivity index (χ0n) is 9.15. The van der Waals surface area contributed by atoms with E-state index in [9.17, 15) is 14.7 Å². The van der Waals surface area contributed by atoms with Crippen molar-refractivity contribution < 1.29 is 19.4 Å². The van der Waals surface area contributed by atoms with E-state index >= 15 is 0 Å². The van der Waals surface area contributed by atoms with Crippen molar-refractivity contribution in [1.29, 1.82) is 0 Å². The highest BCUT2D eigenvalue weighted by Gasteiger charge is 2.34. The number of nitrogens with zero attached hydrogens (tertiary/aromatic N) is 1. The molecular formula is C10H17NO4. The van der Waals surface area contributed by atoms with E-state index in [1.165, 1.54) is 19.1 Å². The van der Waals surface area contributed by atoms with E-state index in [0.717, 1.165) is 12.8 Å². The second-order valence-corrected chi connectivity index (χ2v) is 4.08. The number of likely N-dealkylation sites (N-methyl/N-ethyl adjacent to an activating group) is 1. The van der Waals surface area contributed by atoms with Gasteiger partial charge in [0.15, 0.2) is 0 Å². The van der Waals surface area contributed by atoms with Gasteiger partial charge in [-0.2, -0.15) is 0 Å². The Balaban J connectivity index is 2.51. The van der Waals surface area contributed by atoms with Gasteiger partial charge in [-0.1, -0.05) is 12.8 Å². The predicted octanol–water partition coefficient (Wildman–Crippen LogP) is -0.0771. The molecule has 1 aliphatic rings. The number of esters is 1. The van der Waals surface area contributed by atoms with Gasteiger partial charge in [-0.05, 0) is 12.8 Å².